The SMILES string of the molecule is CN1C(=O)Cc2cc(CC3CCCNC3)ccc21. The lowest BCUT2D eigenvalue weighted by atomic mass is 9.91. The molecule has 0 saturated carbocycles. The number of fused-ring (bicyclic) bond motifs is 1. The quantitative estimate of drug-likeness (QED) is 0.859. The summed E-state index contributed by atoms with van der Waals surface area (Å²) in [5.41, 5.74) is 3.67. The van der Waals surface area contributed by atoms with Gasteiger partial charge in [0.15, 0.2) is 0 Å². The molecule has 2 heterocycles. The number of nitrogens with one attached hydrogen (secondary N) is 1. The smallest absolute Gasteiger partial charge is 0.231 e. The molecule has 1 amide bonds. The molecule has 3 rings (SSSR count). The van der Waals surface area contributed by atoms with Gasteiger partial charge in [0.25, 0.3) is 0 Å². The number of carbonyl (C=O) groups is 1. The van der Waals surface area contributed by atoms with Crippen LogP contribution in [0.15, 0.2) is 18.2 Å². The topological polar surface area (TPSA) is 32.3 Å². The molecule has 3 nitrogen and oxygen atoms in total. The van der Waals surface area contributed by atoms with Gasteiger partial charge in [0, 0.05) is 12.7 Å². The summed E-state index contributed by atoms with van der Waals surface area (Å²) in [5, 5.41) is 3.46. The van der Waals surface area contributed by atoms with Crippen molar-refractivity contribution in [2.45, 2.75) is 25.7 Å². The van der Waals surface area contributed by atoms with Gasteiger partial charge in [-0.1, -0.05) is 12.1 Å². The van der Waals surface area contributed by atoms with E-state index in [1.54, 1.807) is 4.90 Å². The Kier molecular flexibility index (Phi) is 3.08. The number of nitrogens with zero attached hydrogens (tertiary/aromatic N) is 1. The molecule has 1 atom stereocenters. The van der Waals surface area contributed by atoms with Crippen molar-refractivity contribution in [2.24, 2.45) is 5.92 Å². The highest BCUT2D eigenvalue weighted by Crippen LogP contribution is 2.29. The van der Waals surface area contributed by atoms with Crippen LogP contribution in [0.4, 0.5) is 5.69 Å². The zero-order valence-electron chi connectivity index (χ0n) is 10.9. The first-order valence-corrected chi connectivity index (χ1v) is 6.83. The molecule has 1 fully saturated rings. The minimum Gasteiger partial charge on any atom is -0.316 e. The van der Waals surface area contributed by atoms with E-state index in [1.807, 2.05) is 7.05 Å². The molecule has 1 aromatic rings. The van der Waals surface area contributed by atoms with Crippen LogP contribution in [0.3, 0.4) is 0 Å². The number of amides is 1. The van der Waals surface area contributed by atoms with Gasteiger partial charge in [0.2, 0.25) is 5.91 Å². The van der Waals surface area contributed by atoms with Crippen molar-refractivity contribution in [3.63, 3.8) is 0 Å². The van der Waals surface area contributed by atoms with Crippen molar-refractivity contribution in [1.82, 2.24) is 5.32 Å². The van der Waals surface area contributed by atoms with Crippen LogP contribution >= 0.6 is 0 Å². The van der Waals surface area contributed by atoms with E-state index >= 15 is 0 Å². The first-order chi connectivity index (χ1) is 8.74. The maximum atomic E-state index is 11.6. The third-order valence-corrected chi connectivity index (χ3v) is 4.14. The monoisotopic (exact) mass is 244 g/mol. The van der Waals surface area contributed by atoms with Gasteiger partial charge in [-0.15, -0.1) is 0 Å². The van der Waals surface area contributed by atoms with Gasteiger partial charge >= 0.3 is 0 Å². The number of likely N-dealkylation sites (N-methyl/N-ethyl adjacent to an activating group) is 1. The molecule has 1 aromatic carbocycles. The third kappa shape index (κ3) is 2.15. The summed E-state index contributed by atoms with van der Waals surface area (Å²) in [6.07, 6.45) is 4.32. The molecule has 0 radical (unpaired) electrons. The molecule has 0 spiro atoms. The van der Waals surface area contributed by atoms with Crippen LogP contribution < -0.4 is 10.2 Å². The van der Waals surface area contributed by atoms with Gasteiger partial charge in [-0.25, -0.2) is 0 Å². The number of carbonyl (C=O) groups excluding carboxylic acids is 1. The van der Waals surface area contributed by atoms with E-state index in [1.165, 1.54) is 30.5 Å². The number of piperidine rings is 1. The standard InChI is InChI=1S/C15H20N2O/c1-17-14-5-4-11(8-13(14)9-15(17)18)7-12-3-2-6-16-10-12/h4-5,8,12,16H,2-3,6-7,9-10H2,1H3. The molecule has 96 valence electrons. The number of rotatable bonds is 2. The second-order valence-electron chi connectivity index (χ2n) is 5.51. The lowest BCUT2D eigenvalue weighted by molar-refractivity contribution is -0.117. The van der Waals surface area contributed by atoms with E-state index < -0.39 is 0 Å². The van der Waals surface area contributed by atoms with E-state index in [4.69, 9.17) is 0 Å². The predicted octanol–water partition coefficient (Wildman–Crippen LogP) is 1.75. The molecule has 0 bridgehead atoms. The first kappa shape index (κ1) is 11.7. The molecule has 1 saturated heterocycles. The Balaban J connectivity index is 1.75. The van der Waals surface area contributed by atoms with Gasteiger partial charge in [-0.2, -0.15) is 0 Å². The highest BCUT2D eigenvalue weighted by Gasteiger charge is 2.24. The first-order valence-electron chi connectivity index (χ1n) is 6.83. The largest absolute Gasteiger partial charge is 0.316 e. The Labute approximate surface area is 108 Å². The fourth-order valence-electron chi connectivity index (χ4n) is 3.08. The van der Waals surface area contributed by atoms with Crippen molar-refractivity contribution in [3.05, 3.63) is 29.3 Å². The number of hydrogen-bond donors (Lipinski definition) is 1. The van der Waals surface area contributed by atoms with Crippen LogP contribution in [0.2, 0.25) is 0 Å². The Hall–Kier alpha value is -1.35. The molecule has 18 heavy (non-hydrogen) atoms. The Morgan fingerprint density at radius 2 is 2.33 bits per heavy atom. The fraction of sp³-hybridized carbons (Fsp3) is 0.533. The van der Waals surface area contributed by atoms with E-state index in [0.29, 0.717) is 6.42 Å². The Bertz CT molecular complexity index is 464. The maximum Gasteiger partial charge on any atom is 0.231 e. The van der Waals surface area contributed by atoms with Crippen LogP contribution in [-0.4, -0.2) is 26.0 Å². The molecule has 2 aliphatic rings. The average molecular weight is 244 g/mol. The molecule has 2 aliphatic heterocycles. The second-order valence-corrected chi connectivity index (χ2v) is 5.51. The lowest BCUT2D eigenvalue weighted by Gasteiger charge is -2.23. The Morgan fingerprint density at radius 1 is 1.44 bits per heavy atom. The summed E-state index contributed by atoms with van der Waals surface area (Å²) in [7, 11) is 1.86. The predicted molar refractivity (Wildman–Crippen MR) is 72.9 cm³/mol. The molecule has 0 aromatic heterocycles. The maximum absolute atomic E-state index is 11.6. The zero-order valence-corrected chi connectivity index (χ0v) is 10.9. The minimum absolute atomic E-state index is 0.210. The van der Waals surface area contributed by atoms with E-state index in [9.17, 15) is 4.79 Å². The van der Waals surface area contributed by atoms with Crippen molar-refractivity contribution in [3.8, 4) is 0 Å². The third-order valence-electron chi connectivity index (χ3n) is 4.14. The molecular weight excluding hydrogens is 224 g/mol. The fourth-order valence-corrected chi connectivity index (χ4v) is 3.08. The van der Waals surface area contributed by atoms with Gasteiger partial charge in [-0.3, -0.25) is 4.79 Å². The van der Waals surface area contributed by atoms with Crippen LogP contribution in [0.25, 0.3) is 0 Å². The van der Waals surface area contributed by atoms with E-state index in [-0.39, 0.29) is 5.91 Å². The van der Waals surface area contributed by atoms with Crippen LogP contribution in [0, 0.1) is 5.92 Å². The number of anilines is 1. The molecule has 0 aliphatic carbocycles. The van der Waals surface area contributed by atoms with Gasteiger partial charge in [0.05, 0.1) is 6.42 Å². The van der Waals surface area contributed by atoms with Crippen LogP contribution in [0.5, 0.6) is 0 Å². The van der Waals surface area contributed by atoms with Gasteiger partial charge in [-0.05, 0) is 55.5 Å². The molecule has 1 unspecified atom stereocenters. The minimum atomic E-state index is 0.210. The second kappa shape index (κ2) is 4.73. The van der Waals surface area contributed by atoms with E-state index in [0.717, 1.165) is 24.6 Å². The van der Waals surface area contributed by atoms with Gasteiger partial charge in [0.1, 0.15) is 0 Å². The zero-order chi connectivity index (χ0) is 12.5. The van der Waals surface area contributed by atoms with Crippen molar-refractivity contribution >= 4 is 11.6 Å². The summed E-state index contributed by atoms with van der Waals surface area (Å²) in [6, 6.07) is 6.51. The highest BCUT2D eigenvalue weighted by molar-refractivity contribution is 6.00. The normalized spacial score (nSPS) is 23.3. The summed E-state index contributed by atoms with van der Waals surface area (Å²) < 4.78 is 0. The number of benzene rings is 1. The summed E-state index contributed by atoms with van der Waals surface area (Å²) in [5.74, 6) is 0.966. The van der Waals surface area contributed by atoms with Crippen molar-refractivity contribution < 1.29 is 4.79 Å². The van der Waals surface area contributed by atoms with Gasteiger partial charge < -0.3 is 10.2 Å². The van der Waals surface area contributed by atoms with Crippen LogP contribution in [-0.2, 0) is 17.6 Å². The van der Waals surface area contributed by atoms with E-state index in [2.05, 4.69) is 23.5 Å². The highest BCUT2D eigenvalue weighted by atomic mass is 16.2. The Morgan fingerprint density at radius 3 is 3.11 bits per heavy atom. The summed E-state index contributed by atoms with van der Waals surface area (Å²) >= 11 is 0. The molecule has 3 heteroatoms. The number of hydrogen-bond acceptors (Lipinski definition) is 2. The lowest BCUT2D eigenvalue weighted by Crippen LogP contribution is -2.30. The summed E-state index contributed by atoms with van der Waals surface area (Å²) in [4.78, 5) is 13.4. The van der Waals surface area contributed by atoms with Crippen molar-refractivity contribution in [2.75, 3.05) is 25.0 Å². The molecule has 1 N–H and O–H groups in total. The van der Waals surface area contributed by atoms with Crippen molar-refractivity contribution in [1.29, 1.82) is 0 Å². The summed E-state index contributed by atoms with van der Waals surface area (Å²) in [6.45, 7) is 2.30. The molecular formula is C15H20N2O. The van der Waals surface area contributed by atoms with Crippen LogP contribution in [0.1, 0.15) is 24.0 Å². The average Bonchev–Trinajstić information content (AvgIpc) is 2.66.